The van der Waals surface area contributed by atoms with Crippen LogP contribution in [0.2, 0.25) is 0 Å². The number of ether oxygens (including phenoxy) is 1. The molecule has 6 nitrogen and oxygen atoms in total. The fourth-order valence-corrected chi connectivity index (χ4v) is 5.42. The minimum Gasteiger partial charge on any atom is -0.497 e. The number of anilines is 2. The Labute approximate surface area is 209 Å². The van der Waals surface area contributed by atoms with Crippen LogP contribution in [0.5, 0.6) is 5.75 Å². The minimum absolute atomic E-state index is 0.329. The first-order valence-electron chi connectivity index (χ1n) is 11.8. The van der Waals surface area contributed by atoms with Crippen LogP contribution in [-0.4, -0.2) is 25.0 Å². The number of imide groups is 1. The molecule has 4 aromatic rings. The van der Waals surface area contributed by atoms with Crippen LogP contribution in [0, 0.1) is 0 Å². The zero-order chi connectivity index (χ0) is 24.7. The van der Waals surface area contributed by atoms with Gasteiger partial charge in [-0.1, -0.05) is 84.9 Å². The fourth-order valence-electron chi connectivity index (χ4n) is 5.42. The Bertz CT molecular complexity index is 1410. The second-order valence-corrected chi connectivity index (χ2v) is 8.88. The highest BCUT2D eigenvalue weighted by molar-refractivity contribution is 6.28. The van der Waals surface area contributed by atoms with Crippen LogP contribution in [0.3, 0.4) is 0 Å². The SMILES string of the molecule is COc1cccc(N2C(=O)[C@H]3ON(c4ccccc4)[C@@H](c4ccccc4)[C@@]3(c3ccccc3)C2=O)c1. The lowest BCUT2D eigenvalue weighted by Crippen LogP contribution is -2.46. The summed E-state index contributed by atoms with van der Waals surface area (Å²) in [6, 6.07) is 35.2. The Morgan fingerprint density at radius 1 is 0.750 bits per heavy atom. The van der Waals surface area contributed by atoms with Crippen molar-refractivity contribution in [2.75, 3.05) is 17.1 Å². The highest BCUT2D eigenvalue weighted by Gasteiger charge is 2.72. The molecule has 2 fully saturated rings. The molecule has 4 aromatic carbocycles. The molecular weight excluding hydrogens is 452 g/mol. The lowest BCUT2D eigenvalue weighted by atomic mass is 9.69. The van der Waals surface area contributed by atoms with Gasteiger partial charge < -0.3 is 4.74 Å². The molecule has 2 amide bonds. The third kappa shape index (κ3) is 3.15. The van der Waals surface area contributed by atoms with Crippen LogP contribution in [0.15, 0.2) is 115 Å². The zero-order valence-electron chi connectivity index (χ0n) is 19.7. The fraction of sp³-hybridized carbons (Fsp3) is 0.133. The predicted molar refractivity (Wildman–Crippen MR) is 137 cm³/mol. The third-order valence-electron chi connectivity index (χ3n) is 6.99. The first-order chi connectivity index (χ1) is 17.7. The summed E-state index contributed by atoms with van der Waals surface area (Å²) in [6.07, 6.45) is -1.05. The Hall–Kier alpha value is -4.42. The number of methoxy groups -OCH3 is 1. The molecule has 2 heterocycles. The van der Waals surface area contributed by atoms with Crippen molar-refractivity contribution in [3.63, 3.8) is 0 Å². The quantitative estimate of drug-likeness (QED) is 0.377. The number of fused-ring (bicyclic) bond motifs is 1. The molecule has 0 aromatic heterocycles. The van der Waals surface area contributed by atoms with Gasteiger partial charge in [-0.3, -0.25) is 14.4 Å². The van der Waals surface area contributed by atoms with Gasteiger partial charge in [-0.15, -0.1) is 0 Å². The highest BCUT2D eigenvalue weighted by atomic mass is 16.7. The van der Waals surface area contributed by atoms with Crippen LogP contribution < -0.4 is 14.7 Å². The van der Waals surface area contributed by atoms with E-state index in [4.69, 9.17) is 9.57 Å². The second kappa shape index (κ2) is 8.66. The van der Waals surface area contributed by atoms with Crippen molar-refractivity contribution in [2.45, 2.75) is 17.6 Å². The van der Waals surface area contributed by atoms with Crippen molar-refractivity contribution in [3.05, 3.63) is 126 Å². The Morgan fingerprint density at radius 3 is 2.03 bits per heavy atom. The normalized spacial score (nSPS) is 23.1. The summed E-state index contributed by atoms with van der Waals surface area (Å²) in [7, 11) is 1.55. The van der Waals surface area contributed by atoms with E-state index >= 15 is 0 Å². The predicted octanol–water partition coefficient (Wildman–Crippen LogP) is 5.07. The lowest BCUT2D eigenvalue weighted by molar-refractivity contribution is -0.126. The smallest absolute Gasteiger partial charge is 0.267 e. The van der Waals surface area contributed by atoms with E-state index in [9.17, 15) is 9.59 Å². The van der Waals surface area contributed by atoms with E-state index in [1.807, 2.05) is 91.0 Å². The highest BCUT2D eigenvalue weighted by Crippen LogP contribution is 2.57. The average Bonchev–Trinajstić information content (AvgIpc) is 3.41. The monoisotopic (exact) mass is 476 g/mol. The van der Waals surface area contributed by atoms with Gasteiger partial charge in [-0.05, 0) is 35.4 Å². The number of hydroxylamine groups is 1. The van der Waals surface area contributed by atoms with Gasteiger partial charge in [-0.2, -0.15) is 0 Å². The number of carbonyl (C=O) groups excluding carboxylic acids is 2. The number of carbonyl (C=O) groups is 2. The summed E-state index contributed by atoms with van der Waals surface area (Å²) in [4.78, 5) is 36.4. The molecule has 0 saturated carbocycles. The van der Waals surface area contributed by atoms with Crippen molar-refractivity contribution >= 4 is 23.2 Å². The van der Waals surface area contributed by atoms with Gasteiger partial charge in [0.1, 0.15) is 17.2 Å². The number of rotatable bonds is 5. The number of hydrogen-bond acceptors (Lipinski definition) is 5. The lowest BCUT2D eigenvalue weighted by Gasteiger charge is -2.35. The molecule has 2 aliphatic heterocycles. The van der Waals surface area contributed by atoms with Crippen LogP contribution in [-0.2, 0) is 19.8 Å². The third-order valence-corrected chi connectivity index (χ3v) is 6.99. The molecule has 0 aliphatic carbocycles. The molecule has 0 radical (unpaired) electrons. The van der Waals surface area contributed by atoms with Crippen LogP contribution in [0.25, 0.3) is 0 Å². The number of benzene rings is 4. The van der Waals surface area contributed by atoms with Crippen molar-refractivity contribution < 1.29 is 19.2 Å². The van der Waals surface area contributed by atoms with Crippen molar-refractivity contribution in [2.24, 2.45) is 0 Å². The number of para-hydroxylation sites is 1. The average molecular weight is 477 g/mol. The van der Waals surface area contributed by atoms with Crippen molar-refractivity contribution in [1.82, 2.24) is 0 Å². The summed E-state index contributed by atoms with van der Waals surface area (Å²) in [5.41, 5.74) is 1.52. The summed E-state index contributed by atoms with van der Waals surface area (Å²) in [5.74, 6) is -0.175. The first kappa shape index (κ1) is 22.1. The molecule has 6 heteroatoms. The molecule has 178 valence electrons. The van der Waals surface area contributed by atoms with E-state index in [0.29, 0.717) is 11.4 Å². The van der Waals surface area contributed by atoms with E-state index < -0.39 is 23.5 Å². The summed E-state index contributed by atoms with van der Waals surface area (Å²) < 4.78 is 5.37. The molecular formula is C30H24N2O4. The van der Waals surface area contributed by atoms with E-state index in [-0.39, 0.29) is 5.91 Å². The van der Waals surface area contributed by atoms with Gasteiger partial charge in [-0.25, -0.2) is 9.96 Å². The van der Waals surface area contributed by atoms with Gasteiger partial charge in [0.25, 0.3) is 5.91 Å². The van der Waals surface area contributed by atoms with Crippen LogP contribution >= 0.6 is 0 Å². The molecule has 0 N–H and O–H groups in total. The zero-order valence-corrected chi connectivity index (χ0v) is 19.7. The van der Waals surface area contributed by atoms with Crippen molar-refractivity contribution in [3.8, 4) is 5.75 Å². The Kier molecular flexibility index (Phi) is 5.31. The van der Waals surface area contributed by atoms with Gasteiger partial charge >= 0.3 is 0 Å². The van der Waals surface area contributed by atoms with Crippen molar-refractivity contribution in [1.29, 1.82) is 0 Å². The minimum atomic E-state index is -1.31. The molecule has 36 heavy (non-hydrogen) atoms. The molecule has 3 atom stereocenters. The van der Waals surface area contributed by atoms with E-state index in [1.54, 1.807) is 36.4 Å². The molecule has 0 spiro atoms. The summed E-state index contributed by atoms with van der Waals surface area (Å²) in [6.45, 7) is 0. The number of amides is 2. The Balaban J connectivity index is 1.60. The maximum absolute atomic E-state index is 14.6. The molecule has 6 rings (SSSR count). The molecule has 2 saturated heterocycles. The summed E-state index contributed by atoms with van der Waals surface area (Å²) in [5, 5.41) is 1.73. The molecule has 0 bridgehead atoms. The van der Waals surface area contributed by atoms with E-state index in [0.717, 1.165) is 16.8 Å². The standard InChI is InChI=1S/C30H24N2O4/c1-35-25-19-11-18-24(20-25)31-28(33)27-30(29(31)34,22-14-7-3-8-15-22)26(21-12-5-2-6-13-21)32(36-27)23-16-9-4-10-17-23/h2-20,26-27H,1H3/t26-,27+,30+/m0/s1. The molecule has 0 unspecified atom stereocenters. The second-order valence-electron chi connectivity index (χ2n) is 8.88. The van der Waals surface area contributed by atoms with Crippen LogP contribution in [0.1, 0.15) is 17.2 Å². The number of nitrogens with zero attached hydrogens (tertiary/aromatic N) is 2. The van der Waals surface area contributed by atoms with Crippen LogP contribution in [0.4, 0.5) is 11.4 Å². The molecule has 2 aliphatic rings. The van der Waals surface area contributed by atoms with Gasteiger partial charge in [0.2, 0.25) is 5.91 Å². The van der Waals surface area contributed by atoms with Gasteiger partial charge in [0.05, 0.1) is 18.5 Å². The Morgan fingerprint density at radius 2 is 1.36 bits per heavy atom. The van der Waals surface area contributed by atoms with Gasteiger partial charge in [0.15, 0.2) is 6.10 Å². The maximum atomic E-state index is 14.6. The largest absolute Gasteiger partial charge is 0.497 e. The summed E-state index contributed by atoms with van der Waals surface area (Å²) >= 11 is 0. The van der Waals surface area contributed by atoms with E-state index in [2.05, 4.69) is 0 Å². The number of hydrogen-bond donors (Lipinski definition) is 0. The topological polar surface area (TPSA) is 59.1 Å². The maximum Gasteiger partial charge on any atom is 0.267 e. The first-order valence-corrected chi connectivity index (χ1v) is 11.8. The van der Waals surface area contributed by atoms with Gasteiger partial charge in [0, 0.05) is 6.07 Å². The van der Waals surface area contributed by atoms with E-state index in [1.165, 1.54) is 4.90 Å².